The molecular weight excluding hydrogens is 162 g/mol. The molecule has 1 aliphatic rings. The normalized spacial score (nSPS) is 29.1. The van der Waals surface area contributed by atoms with Crippen LogP contribution < -0.4 is 5.73 Å². The predicted molar refractivity (Wildman–Crippen MR) is 54.2 cm³/mol. The lowest BCUT2D eigenvalue weighted by Gasteiger charge is -2.37. The zero-order valence-electron chi connectivity index (χ0n) is 8.50. The van der Waals surface area contributed by atoms with E-state index in [0.29, 0.717) is 5.57 Å². The van der Waals surface area contributed by atoms with Crippen molar-refractivity contribution in [3.05, 3.63) is 24.3 Å². The van der Waals surface area contributed by atoms with Crippen LogP contribution in [-0.2, 0) is 4.79 Å². The molecule has 72 valence electrons. The molecule has 0 aromatic carbocycles. The van der Waals surface area contributed by atoms with E-state index >= 15 is 0 Å². The van der Waals surface area contributed by atoms with E-state index in [4.69, 9.17) is 5.73 Å². The molecule has 1 rings (SSSR count). The van der Waals surface area contributed by atoms with E-state index < -0.39 is 0 Å². The fourth-order valence-electron chi connectivity index (χ4n) is 2.10. The van der Waals surface area contributed by atoms with Gasteiger partial charge in [-0.1, -0.05) is 26.5 Å². The van der Waals surface area contributed by atoms with Crippen molar-refractivity contribution in [2.24, 2.45) is 17.1 Å². The number of hydrogen-bond donors (Lipinski definition) is 1. The van der Waals surface area contributed by atoms with Gasteiger partial charge in [0.05, 0.1) is 0 Å². The van der Waals surface area contributed by atoms with Crippen molar-refractivity contribution >= 4 is 5.78 Å². The Morgan fingerprint density at radius 2 is 2.15 bits per heavy atom. The quantitative estimate of drug-likeness (QED) is 0.622. The Hall–Kier alpha value is -0.890. The van der Waals surface area contributed by atoms with E-state index in [1.807, 2.05) is 13.0 Å². The topological polar surface area (TPSA) is 43.1 Å². The molecule has 0 heterocycles. The summed E-state index contributed by atoms with van der Waals surface area (Å²) in [7, 11) is 0. The minimum atomic E-state index is -0.0564. The minimum Gasteiger partial charge on any atom is -0.327 e. The summed E-state index contributed by atoms with van der Waals surface area (Å²) in [6, 6.07) is -0.0311. The zero-order chi connectivity index (χ0) is 10.2. The molecule has 1 aliphatic carbocycles. The third-order valence-electron chi connectivity index (χ3n) is 2.68. The van der Waals surface area contributed by atoms with Gasteiger partial charge in [-0.15, -0.1) is 0 Å². The monoisotopic (exact) mass is 179 g/mol. The number of allylic oxidation sites excluding steroid dienone is 2. The second-order valence-corrected chi connectivity index (χ2v) is 4.38. The molecule has 0 amide bonds. The molecule has 13 heavy (non-hydrogen) atoms. The van der Waals surface area contributed by atoms with Gasteiger partial charge < -0.3 is 5.73 Å². The standard InChI is InChI=1S/C11H17NO/c1-7-9(13)5-6-11(3,4)10(7)8(2)12/h5-6,8,10H,1,12H2,2-4H3. The largest absolute Gasteiger partial charge is 0.327 e. The molecule has 2 atom stereocenters. The Morgan fingerprint density at radius 1 is 1.62 bits per heavy atom. The van der Waals surface area contributed by atoms with Gasteiger partial charge in [0.25, 0.3) is 0 Å². The van der Waals surface area contributed by atoms with Crippen molar-refractivity contribution in [2.45, 2.75) is 26.8 Å². The molecular formula is C11H17NO. The Morgan fingerprint density at radius 3 is 2.54 bits per heavy atom. The molecule has 2 unspecified atom stereocenters. The lowest BCUT2D eigenvalue weighted by molar-refractivity contribution is -0.112. The maximum absolute atomic E-state index is 11.4. The second-order valence-electron chi connectivity index (χ2n) is 4.38. The van der Waals surface area contributed by atoms with Crippen molar-refractivity contribution < 1.29 is 4.79 Å². The molecule has 0 aromatic rings. The molecule has 2 nitrogen and oxygen atoms in total. The van der Waals surface area contributed by atoms with Crippen molar-refractivity contribution in [3.8, 4) is 0 Å². The SMILES string of the molecule is C=C1C(=O)C=CC(C)(C)C1C(C)N. The zero-order valence-corrected chi connectivity index (χ0v) is 8.50. The highest BCUT2D eigenvalue weighted by atomic mass is 16.1. The van der Waals surface area contributed by atoms with Crippen molar-refractivity contribution in [1.82, 2.24) is 0 Å². The number of ketones is 1. The predicted octanol–water partition coefficient (Wildman–Crippen LogP) is 1.67. The molecule has 2 N–H and O–H groups in total. The van der Waals surface area contributed by atoms with E-state index in [1.54, 1.807) is 6.08 Å². The summed E-state index contributed by atoms with van der Waals surface area (Å²) in [5.74, 6) is 0.0756. The summed E-state index contributed by atoms with van der Waals surface area (Å²) in [5, 5.41) is 0. The van der Waals surface area contributed by atoms with Gasteiger partial charge in [-0.05, 0) is 24.0 Å². The number of rotatable bonds is 1. The van der Waals surface area contributed by atoms with Gasteiger partial charge in [0.1, 0.15) is 0 Å². The van der Waals surface area contributed by atoms with Gasteiger partial charge in [0.15, 0.2) is 5.78 Å². The molecule has 0 fully saturated rings. The first kappa shape index (κ1) is 10.2. The van der Waals surface area contributed by atoms with E-state index in [9.17, 15) is 4.79 Å². The van der Waals surface area contributed by atoms with Crippen LogP contribution in [0.25, 0.3) is 0 Å². The van der Waals surface area contributed by atoms with Gasteiger partial charge in [0.2, 0.25) is 0 Å². The number of carbonyl (C=O) groups excluding carboxylic acids is 1. The first-order valence-corrected chi connectivity index (χ1v) is 4.54. The van der Waals surface area contributed by atoms with Gasteiger partial charge in [-0.2, -0.15) is 0 Å². The highest BCUT2D eigenvalue weighted by Gasteiger charge is 2.37. The molecule has 0 saturated heterocycles. The molecule has 0 spiro atoms. The van der Waals surface area contributed by atoms with Gasteiger partial charge in [-0.3, -0.25) is 4.79 Å². The van der Waals surface area contributed by atoms with Crippen LogP contribution in [0.3, 0.4) is 0 Å². The Bertz CT molecular complexity index is 274. The van der Waals surface area contributed by atoms with Crippen LogP contribution in [0, 0.1) is 11.3 Å². The van der Waals surface area contributed by atoms with Crippen LogP contribution >= 0.6 is 0 Å². The fourth-order valence-corrected chi connectivity index (χ4v) is 2.10. The molecule has 0 bridgehead atoms. The first-order chi connectivity index (χ1) is 5.86. The van der Waals surface area contributed by atoms with Crippen LogP contribution in [0.2, 0.25) is 0 Å². The maximum Gasteiger partial charge on any atom is 0.181 e. The van der Waals surface area contributed by atoms with Gasteiger partial charge in [-0.25, -0.2) is 0 Å². The Kier molecular flexibility index (Phi) is 2.44. The average Bonchev–Trinajstić information content (AvgIpc) is 1.96. The van der Waals surface area contributed by atoms with Crippen LogP contribution in [0.5, 0.6) is 0 Å². The third kappa shape index (κ3) is 1.73. The second kappa shape index (κ2) is 3.11. The minimum absolute atomic E-state index is 0.0154. The van der Waals surface area contributed by atoms with E-state index in [1.165, 1.54) is 0 Å². The van der Waals surface area contributed by atoms with E-state index in [2.05, 4.69) is 20.4 Å². The number of nitrogens with two attached hydrogens (primary N) is 1. The summed E-state index contributed by atoms with van der Waals surface area (Å²) in [4.78, 5) is 11.4. The fraction of sp³-hybridized carbons (Fsp3) is 0.545. The third-order valence-corrected chi connectivity index (χ3v) is 2.68. The van der Waals surface area contributed by atoms with Crippen molar-refractivity contribution in [3.63, 3.8) is 0 Å². The van der Waals surface area contributed by atoms with Crippen LogP contribution in [0.15, 0.2) is 24.3 Å². The van der Waals surface area contributed by atoms with Crippen molar-refractivity contribution in [1.29, 1.82) is 0 Å². The van der Waals surface area contributed by atoms with E-state index in [0.717, 1.165) is 0 Å². The highest BCUT2D eigenvalue weighted by Crippen LogP contribution is 2.38. The maximum atomic E-state index is 11.4. The molecule has 0 aliphatic heterocycles. The van der Waals surface area contributed by atoms with Gasteiger partial charge in [0, 0.05) is 12.0 Å². The van der Waals surface area contributed by atoms with Crippen LogP contribution in [-0.4, -0.2) is 11.8 Å². The molecule has 0 aromatic heterocycles. The van der Waals surface area contributed by atoms with Crippen molar-refractivity contribution in [2.75, 3.05) is 0 Å². The lowest BCUT2D eigenvalue weighted by Crippen LogP contribution is -2.41. The molecule has 0 saturated carbocycles. The summed E-state index contributed by atoms with van der Waals surface area (Å²) in [6.07, 6.45) is 3.53. The number of carbonyl (C=O) groups is 1. The van der Waals surface area contributed by atoms with Gasteiger partial charge >= 0.3 is 0 Å². The Balaban J connectivity index is 3.09. The summed E-state index contributed by atoms with van der Waals surface area (Å²) >= 11 is 0. The summed E-state index contributed by atoms with van der Waals surface area (Å²) in [5.41, 5.74) is 6.43. The van der Waals surface area contributed by atoms with Crippen LogP contribution in [0.4, 0.5) is 0 Å². The lowest BCUT2D eigenvalue weighted by atomic mass is 9.67. The highest BCUT2D eigenvalue weighted by molar-refractivity contribution is 6.05. The first-order valence-electron chi connectivity index (χ1n) is 4.54. The molecule has 0 radical (unpaired) electrons. The summed E-state index contributed by atoms with van der Waals surface area (Å²) in [6.45, 7) is 9.89. The smallest absolute Gasteiger partial charge is 0.181 e. The van der Waals surface area contributed by atoms with E-state index in [-0.39, 0.29) is 23.2 Å². The number of hydrogen-bond acceptors (Lipinski definition) is 2. The Labute approximate surface area is 79.5 Å². The average molecular weight is 179 g/mol. The van der Waals surface area contributed by atoms with Crippen LogP contribution in [0.1, 0.15) is 20.8 Å². The molecule has 2 heteroatoms. The summed E-state index contributed by atoms with van der Waals surface area (Å²) < 4.78 is 0.